The molecule has 0 saturated carbocycles. The highest BCUT2D eigenvalue weighted by atomic mass is 79.9. The number of ether oxygens (including phenoxy) is 4. The van der Waals surface area contributed by atoms with Crippen LogP contribution in [-0.4, -0.2) is 65.7 Å². The molecule has 0 unspecified atom stereocenters. The largest absolute Gasteiger partial charge is 0.456 e. The van der Waals surface area contributed by atoms with E-state index in [1.54, 1.807) is 0 Å². The third-order valence-corrected chi connectivity index (χ3v) is 5.39. The zero-order valence-electron chi connectivity index (χ0n) is 17.4. The van der Waals surface area contributed by atoms with Gasteiger partial charge in [0.15, 0.2) is 24.5 Å². The number of carbonyl (C=O) groups excluding carboxylic acids is 5. The van der Waals surface area contributed by atoms with Crippen LogP contribution in [0.4, 0.5) is 11.4 Å². The summed E-state index contributed by atoms with van der Waals surface area (Å²) in [5.74, 6) is -4.48. The SMILES string of the molecule is CC(=O)O[C@@H]1[C@@H](OC(C)=O)[C@H](N2C(=O)C(=O)c3cc(Br)c([N+](=O)[O-])cc32)OC[C@@H]1OC(C)=O. The Morgan fingerprint density at radius 3 is 2.18 bits per heavy atom. The van der Waals surface area contributed by atoms with Gasteiger partial charge in [0.05, 0.1) is 27.3 Å². The van der Waals surface area contributed by atoms with E-state index in [2.05, 4.69) is 15.9 Å². The van der Waals surface area contributed by atoms with Crippen molar-refractivity contribution in [3.05, 3.63) is 32.3 Å². The summed E-state index contributed by atoms with van der Waals surface area (Å²) in [7, 11) is 0. The number of esters is 3. The van der Waals surface area contributed by atoms with E-state index in [-0.39, 0.29) is 15.7 Å². The second kappa shape index (κ2) is 9.23. The molecule has 0 aromatic heterocycles. The molecule has 3 rings (SSSR count). The van der Waals surface area contributed by atoms with E-state index in [1.807, 2.05) is 0 Å². The average molecular weight is 529 g/mol. The standard InChI is InChI=1S/C19H17BrN2O11/c1-7(23)31-14-6-30-19(17(33-9(3)25)16(14)32-8(2)24)21-12-5-13(22(28)29)11(20)4-10(12)15(26)18(21)27/h4-5,14,16-17,19H,6H2,1-3H3/t14-,16-,17+,19+/m0/s1. The number of Topliss-reactive ketones (excluding diaryl/α,β-unsaturated/α-hetero) is 1. The maximum Gasteiger partial charge on any atom is 0.303 e. The lowest BCUT2D eigenvalue weighted by Gasteiger charge is -2.43. The van der Waals surface area contributed by atoms with Gasteiger partial charge in [-0.2, -0.15) is 0 Å². The van der Waals surface area contributed by atoms with Crippen molar-refractivity contribution in [1.29, 1.82) is 0 Å². The van der Waals surface area contributed by atoms with Crippen LogP contribution in [0.5, 0.6) is 0 Å². The minimum atomic E-state index is -1.53. The number of rotatable bonds is 5. The molecule has 1 fully saturated rings. The van der Waals surface area contributed by atoms with Crippen molar-refractivity contribution in [2.45, 2.75) is 45.3 Å². The molecule has 4 atom stereocenters. The van der Waals surface area contributed by atoms with E-state index in [9.17, 15) is 34.1 Å². The number of nitro groups is 1. The first-order valence-electron chi connectivity index (χ1n) is 9.41. The number of benzene rings is 1. The minimum Gasteiger partial charge on any atom is -0.456 e. The molecule has 0 N–H and O–H groups in total. The fraction of sp³-hybridized carbons (Fsp3) is 0.421. The number of fused-ring (bicyclic) bond motifs is 1. The molecule has 1 aromatic rings. The zero-order chi connectivity index (χ0) is 24.6. The summed E-state index contributed by atoms with van der Waals surface area (Å²) >= 11 is 3.00. The van der Waals surface area contributed by atoms with Gasteiger partial charge in [0.25, 0.3) is 11.5 Å². The summed E-state index contributed by atoms with van der Waals surface area (Å²) < 4.78 is 21.2. The number of nitro benzene ring substituents is 1. The van der Waals surface area contributed by atoms with E-state index in [0.29, 0.717) is 0 Å². The van der Waals surface area contributed by atoms with E-state index < -0.39 is 71.4 Å². The fourth-order valence-corrected chi connectivity index (χ4v) is 4.09. The number of nitrogens with zero attached hydrogens (tertiary/aromatic N) is 2. The molecule has 1 aromatic carbocycles. The number of anilines is 1. The van der Waals surface area contributed by atoms with Gasteiger partial charge in [0.1, 0.15) is 0 Å². The summed E-state index contributed by atoms with van der Waals surface area (Å²) in [5.41, 5.74) is -0.737. The Kier molecular flexibility index (Phi) is 6.78. The molecule has 13 nitrogen and oxygen atoms in total. The van der Waals surface area contributed by atoms with Crippen molar-refractivity contribution in [3.8, 4) is 0 Å². The molecular formula is C19H17BrN2O11. The van der Waals surface area contributed by atoms with Crippen LogP contribution in [0.1, 0.15) is 31.1 Å². The molecule has 2 aliphatic heterocycles. The third-order valence-electron chi connectivity index (χ3n) is 4.76. The normalized spacial score (nSPS) is 24.2. The minimum absolute atomic E-state index is 0.0249. The monoisotopic (exact) mass is 528 g/mol. The van der Waals surface area contributed by atoms with Gasteiger partial charge in [-0.15, -0.1) is 0 Å². The second-order valence-corrected chi connectivity index (χ2v) is 7.96. The van der Waals surface area contributed by atoms with Gasteiger partial charge in [0, 0.05) is 26.8 Å². The Morgan fingerprint density at radius 2 is 1.64 bits per heavy atom. The molecule has 176 valence electrons. The van der Waals surface area contributed by atoms with Crippen molar-refractivity contribution in [2.75, 3.05) is 11.5 Å². The lowest BCUT2D eigenvalue weighted by Crippen LogP contribution is -2.63. The Bertz CT molecular complexity index is 1070. The van der Waals surface area contributed by atoms with Crippen LogP contribution in [0.3, 0.4) is 0 Å². The van der Waals surface area contributed by atoms with Gasteiger partial charge in [-0.25, -0.2) is 0 Å². The van der Waals surface area contributed by atoms with Crippen LogP contribution >= 0.6 is 15.9 Å². The number of halogens is 1. The van der Waals surface area contributed by atoms with Gasteiger partial charge >= 0.3 is 23.8 Å². The van der Waals surface area contributed by atoms with Gasteiger partial charge in [-0.1, -0.05) is 0 Å². The quantitative estimate of drug-likeness (QED) is 0.176. The first kappa shape index (κ1) is 24.3. The highest BCUT2D eigenvalue weighted by molar-refractivity contribution is 9.10. The van der Waals surface area contributed by atoms with Crippen molar-refractivity contribution < 1.29 is 47.8 Å². The molecular weight excluding hydrogens is 512 g/mol. The van der Waals surface area contributed by atoms with Gasteiger partial charge in [0.2, 0.25) is 0 Å². The number of amides is 1. The van der Waals surface area contributed by atoms with Crippen LogP contribution in [0, 0.1) is 10.1 Å². The third kappa shape index (κ3) is 4.71. The smallest absolute Gasteiger partial charge is 0.303 e. The Labute approximate surface area is 194 Å². The van der Waals surface area contributed by atoms with Crippen LogP contribution in [0.2, 0.25) is 0 Å². The van der Waals surface area contributed by atoms with Crippen LogP contribution in [0.15, 0.2) is 16.6 Å². The zero-order valence-corrected chi connectivity index (χ0v) is 19.0. The van der Waals surface area contributed by atoms with Crippen molar-refractivity contribution in [2.24, 2.45) is 0 Å². The van der Waals surface area contributed by atoms with Gasteiger partial charge < -0.3 is 18.9 Å². The predicted molar refractivity (Wildman–Crippen MR) is 109 cm³/mol. The molecule has 0 bridgehead atoms. The summed E-state index contributed by atoms with van der Waals surface area (Å²) in [6.45, 7) is 2.82. The number of ketones is 1. The maximum atomic E-state index is 12.9. The first-order valence-corrected chi connectivity index (χ1v) is 10.2. The number of hydrogen-bond acceptors (Lipinski definition) is 11. The van der Waals surface area contributed by atoms with E-state index in [0.717, 1.165) is 37.8 Å². The Hall–Kier alpha value is -3.39. The Balaban J connectivity index is 2.11. The molecule has 1 amide bonds. The average Bonchev–Trinajstić information content (AvgIpc) is 2.93. The molecule has 1 saturated heterocycles. The second-order valence-electron chi connectivity index (χ2n) is 7.10. The topological polar surface area (TPSA) is 169 Å². The number of carbonyl (C=O) groups is 5. The molecule has 14 heteroatoms. The Morgan fingerprint density at radius 1 is 1.06 bits per heavy atom. The van der Waals surface area contributed by atoms with Crippen molar-refractivity contribution >= 4 is 56.9 Å². The van der Waals surface area contributed by atoms with Gasteiger partial charge in [-0.05, 0) is 22.0 Å². The van der Waals surface area contributed by atoms with Crippen LogP contribution < -0.4 is 4.90 Å². The molecule has 0 aliphatic carbocycles. The molecule has 33 heavy (non-hydrogen) atoms. The van der Waals surface area contributed by atoms with E-state index in [1.165, 1.54) is 0 Å². The summed E-state index contributed by atoms with van der Waals surface area (Å²) in [6, 6.07) is 2.12. The van der Waals surface area contributed by atoms with Gasteiger partial charge in [-0.3, -0.25) is 39.0 Å². The van der Waals surface area contributed by atoms with Crippen molar-refractivity contribution in [1.82, 2.24) is 0 Å². The molecule has 0 spiro atoms. The molecule has 0 radical (unpaired) electrons. The van der Waals surface area contributed by atoms with E-state index >= 15 is 0 Å². The first-order chi connectivity index (χ1) is 15.4. The van der Waals surface area contributed by atoms with Crippen molar-refractivity contribution in [3.63, 3.8) is 0 Å². The maximum absolute atomic E-state index is 12.9. The summed E-state index contributed by atoms with van der Waals surface area (Å²) in [5, 5.41) is 11.4. The fourth-order valence-electron chi connectivity index (χ4n) is 3.60. The molecule has 2 heterocycles. The van der Waals surface area contributed by atoms with E-state index in [4.69, 9.17) is 18.9 Å². The highest BCUT2D eigenvalue weighted by Gasteiger charge is 2.53. The van der Waals surface area contributed by atoms with Crippen LogP contribution in [-0.2, 0) is 38.1 Å². The lowest BCUT2D eigenvalue weighted by atomic mass is 10.0. The molecule has 2 aliphatic rings. The number of hydrogen-bond donors (Lipinski definition) is 0. The lowest BCUT2D eigenvalue weighted by molar-refractivity contribution is -0.385. The summed E-state index contributed by atoms with van der Waals surface area (Å²) in [6.07, 6.45) is -5.65. The highest BCUT2D eigenvalue weighted by Crippen LogP contribution is 2.40. The summed E-state index contributed by atoms with van der Waals surface area (Å²) in [4.78, 5) is 71.9. The van der Waals surface area contributed by atoms with Crippen LogP contribution in [0.25, 0.3) is 0 Å². The predicted octanol–water partition coefficient (Wildman–Crippen LogP) is 1.04.